The lowest BCUT2D eigenvalue weighted by Gasteiger charge is -2.09. The van der Waals surface area contributed by atoms with Gasteiger partial charge in [-0.05, 0) is 30.2 Å². The van der Waals surface area contributed by atoms with Crippen LogP contribution in [0.2, 0.25) is 0 Å². The summed E-state index contributed by atoms with van der Waals surface area (Å²) in [6.07, 6.45) is 0. The highest BCUT2D eigenvalue weighted by Gasteiger charge is 2.02. The lowest BCUT2D eigenvalue weighted by atomic mass is 10.1. The second-order valence-corrected chi connectivity index (χ2v) is 4.42. The topological polar surface area (TPSA) is 41.1 Å². The maximum Gasteiger partial charge on any atom is 0.239 e. The minimum absolute atomic E-state index is 0.00731. The minimum atomic E-state index is -0.00731. The van der Waals surface area contributed by atoms with E-state index in [0.717, 1.165) is 11.3 Å². The fraction of sp³-hybridized carbons (Fsp3) is 0.188. The lowest BCUT2D eigenvalue weighted by molar-refractivity contribution is -0.119. The molecule has 98 valence electrons. The van der Waals surface area contributed by atoms with Crippen LogP contribution in [0.1, 0.15) is 11.1 Å². The quantitative estimate of drug-likeness (QED) is 0.861. The Morgan fingerprint density at radius 1 is 1.00 bits per heavy atom. The molecular formula is C16H18N2O. The van der Waals surface area contributed by atoms with Gasteiger partial charge < -0.3 is 10.6 Å². The van der Waals surface area contributed by atoms with E-state index in [1.54, 1.807) is 0 Å². The van der Waals surface area contributed by atoms with Crippen LogP contribution in [0.5, 0.6) is 0 Å². The maximum atomic E-state index is 11.7. The lowest BCUT2D eigenvalue weighted by Crippen LogP contribution is -2.29. The van der Waals surface area contributed by atoms with Gasteiger partial charge in [-0.3, -0.25) is 4.79 Å². The van der Waals surface area contributed by atoms with Crippen LogP contribution in [0.25, 0.3) is 0 Å². The first-order chi connectivity index (χ1) is 9.25. The summed E-state index contributed by atoms with van der Waals surface area (Å²) in [7, 11) is 0. The van der Waals surface area contributed by atoms with E-state index >= 15 is 0 Å². The van der Waals surface area contributed by atoms with Crippen molar-refractivity contribution in [3.63, 3.8) is 0 Å². The van der Waals surface area contributed by atoms with E-state index in [2.05, 4.69) is 10.6 Å². The number of hydrogen-bond donors (Lipinski definition) is 2. The molecule has 0 aliphatic carbocycles. The molecule has 2 aromatic carbocycles. The summed E-state index contributed by atoms with van der Waals surface area (Å²) in [5.41, 5.74) is 3.29. The van der Waals surface area contributed by atoms with Gasteiger partial charge in [-0.15, -0.1) is 0 Å². The highest BCUT2D eigenvalue weighted by atomic mass is 16.1. The second-order valence-electron chi connectivity index (χ2n) is 4.42. The number of para-hydroxylation sites is 1. The number of rotatable bonds is 5. The fourth-order valence-corrected chi connectivity index (χ4v) is 1.80. The molecule has 1 amide bonds. The van der Waals surface area contributed by atoms with E-state index in [1.807, 2.05) is 61.5 Å². The van der Waals surface area contributed by atoms with Gasteiger partial charge in [0.05, 0.1) is 6.54 Å². The molecule has 2 rings (SSSR count). The number of carbonyl (C=O) groups is 1. The zero-order valence-electron chi connectivity index (χ0n) is 11.0. The van der Waals surface area contributed by atoms with Gasteiger partial charge in [-0.2, -0.15) is 0 Å². The molecular weight excluding hydrogens is 236 g/mol. The Morgan fingerprint density at radius 2 is 1.68 bits per heavy atom. The minimum Gasteiger partial charge on any atom is -0.376 e. The van der Waals surface area contributed by atoms with Gasteiger partial charge in [0.1, 0.15) is 0 Å². The van der Waals surface area contributed by atoms with Gasteiger partial charge in [0.25, 0.3) is 0 Å². The van der Waals surface area contributed by atoms with Gasteiger partial charge in [0.15, 0.2) is 0 Å². The largest absolute Gasteiger partial charge is 0.376 e. The number of benzene rings is 2. The molecule has 19 heavy (non-hydrogen) atoms. The SMILES string of the molecule is Cc1ccccc1CNC(=O)CNc1ccccc1. The first-order valence-corrected chi connectivity index (χ1v) is 6.36. The molecule has 0 radical (unpaired) electrons. The Labute approximate surface area is 113 Å². The number of amides is 1. The van der Waals surface area contributed by atoms with Crippen molar-refractivity contribution in [3.8, 4) is 0 Å². The monoisotopic (exact) mass is 254 g/mol. The van der Waals surface area contributed by atoms with Crippen LogP contribution in [0.3, 0.4) is 0 Å². The Morgan fingerprint density at radius 3 is 2.42 bits per heavy atom. The molecule has 2 N–H and O–H groups in total. The number of nitrogens with one attached hydrogen (secondary N) is 2. The van der Waals surface area contributed by atoms with Crippen molar-refractivity contribution in [1.82, 2.24) is 5.32 Å². The van der Waals surface area contributed by atoms with Crippen molar-refractivity contribution in [3.05, 3.63) is 65.7 Å². The molecule has 0 unspecified atom stereocenters. The van der Waals surface area contributed by atoms with Crippen LogP contribution in [0.15, 0.2) is 54.6 Å². The average Bonchev–Trinajstić information content (AvgIpc) is 2.45. The Bertz CT molecular complexity index is 537. The molecule has 0 fully saturated rings. The van der Waals surface area contributed by atoms with Crippen LogP contribution in [0, 0.1) is 6.92 Å². The highest BCUT2D eigenvalue weighted by molar-refractivity contribution is 5.80. The van der Waals surface area contributed by atoms with Gasteiger partial charge in [0, 0.05) is 12.2 Å². The van der Waals surface area contributed by atoms with Crippen molar-refractivity contribution in [2.75, 3.05) is 11.9 Å². The maximum absolute atomic E-state index is 11.7. The van der Waals surface area contributed by atoms with Crippen molar-refractivity contribution in [1.29, 1.82) is 0 Å². The third-order valence-electron chi connectivity index (χ3n) is 2.96. The molecule has 0 aliphatic rings. The molecule has 0 bridgehead atoms. The predicted molar refractivity (Wildman–Crippen MR) is 78.0 cm³/mol. The van der Waals surface area contributed by atoms with E-state index in [-0.39, 0.29) is 12.5 Å². The summed E-state index contributed by atoms with van der Waals surface area (Å²) in [6, 6.07) is 17.8. The Hall–Kier alpha value is -2.29. The molecule has 0 spiro atoms. The smallest absolute Gasteiger partial charge is 0.239 e. The van der Waals surface area contributed by atoms with Gasteiger partial charge in [-0.25, -0.2) is 0 Å². The summed E-state index contributed by atoms with van der Waals surface area (Å²) in [4.78, 5) is 11.7. The predicted octanol–water partition coefficient (Wildman–Crippen LogP) is 2.72. The van der Waals surface area contributed by atoms with E-state index in [4.69, 9.17) is 0 Å². The normalized spacial score (nSPS) is 9.95. The number of aryl methyl sites for hydroxylation is 1. The van der Waals surface area contributed by atoms with Crippen LogP contribution in [-0.4, -0.2) is 12.5 Å². The standard InChI is InChI=1S/C16H18N2O/c1-13-7-5-6-8-14(13)11-18-16(19)12-17-15-9-3-2-4-10-15/h2-10,17H,11-12H2,1H3,(H,18,19). The first-order valence-electron chi connectivity index (χ1n) is 6.36. The zero-order chi connectivity index (χ0) is 13.5. The van der Waals surface area contributed by atoms with Gasteiger partial charge in [-0.1, -0.05) is 42.5 Å². The molecule has 0 atom stereocenters. The van der Waals surface area contributed by atoms with Crippen LogP contribution < -0.4 is 10.6 Å². The third-order valence-corrected chi connectivity index (χ3v) is 2.96. The number of hydrogen-bond acceptors (Lipinski definition) is 2. The molecule has 2 aromatic rings. The molecule has 0 saturated carbocycles. The van der Waals surface area contributed by atoms with Crippen LogP contribution in [-0.2, 0) is 11.3 Å². The molecule has 0 heterocycles. The molecule has 0 aromatic heterocycles. The summed E-state index contributed by atoms with van der Waals surface area (Å²) in [5, 5.41) is 5.99. The molecule has 0 aliphatic heterocycles. The molecule has 3 heteroatoms. The van der Waals surface area contributed by atoms with Crippen LogP contribution >= 0.6 is 0 Å². The van der Waals surface area contributed by atoms with Gasteiger partial charge in [0.2, 0.25) is 5.91 Å². The Balaban J connectivity index is 1.78. The molecule has 0 saturated heterocycles. The van der Waals surface area contributed by atoms with Crippen LogP contribution in [0.4, 0.5) is 5.69 Å². The summed E-state index contributed by atoms with van der Waals surface area (Å²) in [5.74, 6) is -0.00731. The van der Waals surface area contributed by atoms with Crippen molar-refractivity contribution < 1.29 is 4.79 Å². The van der Waals surface area contributed by atoms with Crippen molar-refractivity contribution >= 4 is 11.6 Å². The molecule has 3 nitrogen and oxygen atoms in total. The summed E-state index contributed by atoms with van der Waals surface area (Å²) < 4.78 is 0. The van der Waals surface area contributed by atoms with Crippen molar-refractivity contribution in [2.24, 2.45) is 0 Å². The zero-order valence-corrected chi connectivity index (χ0v) is 11.0. The summed E-state index contributed by atoms with van der Waals surface area (Å²) >= 11 is 0. The highest BCUT2D eigenvalue weighted by Crippen LogP contribution is 2.06. The summed E-state index contributed by atoms with van der Waals surface area (Å²) in [6.45, 7) is 2.90. The third kappa shape index (κ3) is 4.14. The van der Waals surface area contributed by atoms with Crippen molar-refractivity contribution in [2.45, 2.75) is 13.5 Å². The first kappa shape index (κ1) is 13.1. The van der Waals surface area contributed by atoms with E-state index in [9.17, 15) is 4.79 Å². The second kappa shape index (κ2) is 6.59. The number of anilines is 1. The fourth-order valence-electron chi connectivity index (χ4n) is 1.80. The van der Waals surface area contributed by atoms with E-state index in [1.165, 1.54) is 5.56 Å². The van der Waals surface area contributed by atoms with Gasteiger partial charge >= 0.3 is 0 Å². The average molecular weight is 254 g/mol. The Kier molecular flexibility index (Phi) is 4.56. The van der Waals surface area contributed by atoms with E-state index < -0.39 is 0 Å². The number of carbonyl (C=O) groups excluding carboxylic acids is 1. The van der Waals surface area contributed by atoms with E-state index in [0.29, 0.717) is 6.54 Å².